The molecular formula is C14H11FN4OS. The number of carbonyl (C=O) groups excluding carboxylic acids is 1. The van der Waals surface area contributed by atoms with E-state index >= 15 is 0 Å². The van der Waals surface area contributed by atoms with E-state index < -0.39 is 0 Å². The van der Waals surface area contributed by atoms with Gasteiger partial charge in [-0.25, -0.2) is 14.1 Å². The number of benzene rings is 1. The van der Waals surface area contributed by atoms with E-state index in [4.69, 9.17) is 0 Å². The number of hydrogen-bond donors (Lipinski definition) is 1. The third kappa shape index (κ3) is 2.55. The molecule has 106 valence electrons. The Bertz CT molecular complexity index is 765. The molecule has 2 aromatic heterocycles. The zero-order valence-corrected chi connectivity index (χ0v) is 11.9. The van der Waals surface area contributed by atoms with Gasteiger partial charge in [-0.3, -0.25) is 4.79 Å². The fraction of sp³-hybridized carbons (Fsp3) is 0.0714. The Labute approximate surface area is 124 Å². The van der Waals surface area contributed by atoms with Crippen molar-refractivity contribution in [2.24, 2.45) is 0 Å². The molecule has 2 heterocycles. The van der Waals surface area contributed by atoms with Crippen LogP contribution in [0.2, 0.25) is 0 Å². The molecule has 0 aliphatic heterocycles. The molecule has 7 heteroatoms. The predicted molar refractivity (Wildman–Crippen MR) is 78.0 cm³/mol. The Hall–Kier alpha value is -2.54. The standard InChI is InChI=1S/C14H11FN4OS/c1-16-14(20)12-17-13(11-3-2-8-21-11)19(18-12)10-6-4-9(15)5-7-10/h2-8H,1H3,(H,16,20). The van der Waals surface area contributed by atoms with Crippen molar-refractivity contribution in [1.82, 2.24) is 20.1 Å². The van der Waals surface area contributed by atoms with E-state index in [9.17, 15) is 9.18 Å². The highest BCUT2D eigenvalue weighted by Gasteiger charge is 2.18. The second-order valence-corrected chi connectivity index (χ2v) is 5.15. The summed E-state index contributed by atoms with van der Waals surface area (Å²) in [5.74, 6) is -0.0721. The Morgan fingerprint density at radius 2 is 2.05 bits per heavy atom. The third-order valence-corrected chi connectivity index (χ3v) is 3.72. The number of carbonyl (C=O) groups is 1. The smallest absolute Gasteiger partial charge is 0.290 e. The number of hydrogen-bond acceptors (Lipinski definition) is 4. The largest absolute Gasteiger partial charge is 0.352 e. The van der Waals surface area contributed by atoms with Crippen LogP contribution in [0.25, 0.3) is 16.4 Å². The topological polar surface area (TPSA) is 59.8 Å². The summed E-state index contributed by atoms with van der Waals surface area (Å²) in [7, 11) is 1.52. The van der Waals surface area contributed by atoms with Gasteiger partial charge < -0.3 is 5.32 Å². The number of rotatable bonds is 3. The summed E-state index contributed by atoms with van der Waals surface area (Å²) in [6.07, 6.45) is 0. The summed E-state index contributed by atoms with van der Waals surface area (Å²) >= 11 is 1.49. The molecule has 0 saturated carbocycles. The minimum Gasteiger partial charge on any atom is -0.352 e. The highest BCUT2D eigenvalue weighted by Crippen LogP contribution is 2.25. The normalized spacial score (nSPS) is 10.6. The van der Waals surface area contributed by atoms with Crippen LogP contribution in [0, 0.1) is 5.82 Å². The van der Waals surface area contributed by atoms with Crippen LogP contribution in [0.3, 0.4) is 0 Å². The lowest BCUT2D eigenvalue weighted by molar-refractivity contribution is 0.0953. The lowest BCUT2D eigenvalue weighted by Gasteiger charge is -2.03. The lowest BCUT2D eigenvalue weighted by atomic mass is 10.3. The zero-order chi connectivity index (χ0) is 14.8. The Balaban J connectivity index is 2.15. The van der Waals surface area contributed by atoms with E-state index in [-0.39, 0.29) is 17.5 Å². The molecule has 0 atom stereocenters. The first-order valence-corrected chi connectivity index (χ1v) is 7.06. The van der Waals surface area contributed by atoms with Crippen molar-refractivity contribution in [2.45, 2.75) is 0 Å². The molecule has 3 aromatic rings. The summed E-state index contributed by atoms with van der Waals surface area (Å²) in [5, 5.41) is 8.62. The molecule has 1 N–H and O–H groups in total. The minimum absolute atomic E-state index is 0.0743. The summed E-state index contributed by atoms with van der Waals surface area (Å²) in [5.41, 5.74) is 0.641. The second-order valence-electron chi connectivity index (χ2n) is 4.20. The van der Waals surface area contributed by atoms with Gasteiger partial charge in [-0.2, -0.15) is 0 Å². The lowest BCUT2D eigenvalue weighted by Crippen LogP contribution is -2.19. The van der Waals surface area contributed by atoms with Crippen LogP contribution >= 0.6 is 11.3 Å². The van der Waals surface area contributed by atoms with Crippen LogP contribution in [0.1, 0.15) is 10.6 Å². The molecule has 0 bridgehead atoms. The van der Waals surface area contributed by atoms with Crippen molar-refractivity contribution in [3.63, 3.8) is 0 Å². The van der Waals surface area contributed by atoms with Crippen LogP contribution in [0.5, 0.6) is 0 Å². The van der Waals surface area contributed by atoms with E-state index in [1.807, 2.05) is 17.5 Å². The van der Waals surface area contributed by atoms with Crippen molar-refractivity contribution in [2.75, 3.05) is 7.05 Å². The molecule has 1 amide bonds. The van der Waals surface area contributed by atoms with Gasteiger partial charge in [-0.15, -0.1) is 16.4 Å². The molecule has 0 saturated heterocycles. The average Bonchev–Trinajstić information content (AvgIpc) is 3.16. The van der Waals surface area contributed by atoms with Gasteiger partial charge in [-0.1, -0.05) is 6.07 Å². The minimum atomic E-state index is -0.367. The van der Waals surface area contributed by atoms with Gasteiger partial charge in [0.05, 0.1) is 10.6 Å². The molecular weight excluding hydrogens is 291 g/mol. The highest BCUT2D eigenvalue weighted by atomic mass is 32.1. The summed E-state index contributed by atoms with van der Waals surface area (Å²) in [4.78, 5) is 16.9. The first kappa shape index (κ1) is 13.4. The van der Waals surface area contributed by atoms with E-state index in [1.54, 1.807) is 12.1 Å². The van der Waals surface area contributed by atoms with E-state index in [0.717, 1.165) is 4.88 Å². The van der Waals surface area contributed by atoms with Crippen LogP contribution in [-0.4, -0.2) is 27.7 Å². The van der Waals surface area contributed by atoms with Crippen molar-refractivity contribution >= 4 is 17.2 Å². The first-order chi connectivity index (χ1) is 10.2. The van der Waals surface area contributed by atoms with Crippen molar-refractivity contribution < 1.29 is 9.18 Å². The van der Waals surface area contributed by atoms with Gasteiger partial charge in [0.1, 0.15) is 5.82 Å². The number of thiophene rings is 1. The Kier molecular flexibility index (Phi) is 3.49. The van der Waals surface area contributed by atoms with E-state index in [0.29, 0.717) is 11.5 Å². The first-order valence-electron chi connectivity index (χ1n) is 6.18. The summed E-state index contributed by atoms with van der Waals surface area (Å²) in [6.45, 7) is 0. The molecule has 0 fully saturated rings. The molecule has 0 radical (unpaired) electrons. The highest BCUT2D eigenvalue weighted by molar-refractivity contribution is 7.13. The summed E-state index contributed by atoms with van der Waals surface area (Å²) in [6, 6.07) is 9.65. The van der Waals surface area contributed by atoms with Gasteiger partial charge >= 0.3 is 0 Å². The molecule has 0 spiro atoms. The Morgan fingerprint density at radius 3 is 2.67 bits per heavy atom. The molecule has 0 unspecified atom stereocenters. The van der Waals surface area contributed by atoms with Gasteiger partial charge in [-0.05, 0) is 35.7 Å². The van der Waals surface area contributed by atoms with Crippen molar-refractivity contribution in [3.05, 3.63) is 53.4 Å². The van der Waals surface area contributed by atoms with Gasteiger partial charge in [0, 0.05) is 7.05 Å². The molecule has 21 heavy (non-hydrogen) atoms. The SMILES string of the molecule is CNC(=O)c1nc(-c2cccs2)n(-c2ccc(F)cc2)n1. The number of halogens is 1. The zero-order valence-electron chi connectivity index (χ0n) is 11.1. The van der Waals surface area contributed by atoms with Gasteiger partial charge in [0.25, 0.3) is 5.91 Å². The molecule has 5 nitrogen and oxygen atoms in total. The summed E-state index contributed by atoms with van der Waals surface area (Å²) < 4.78 is 14.6. The fourth-order valence-electron chi connectivity index (χ4n) is 1.85. The Morgan fingerprint density at radius 1 is 1.29 bits per heavy atom. The molecule has 3 rings (SSSR count). The van der Waals surface area contributed by atoms with Crippen molar-refractivity contribution in [1.29, 1.82) is 0 Å². The maximum absolute atomic E-state index is 13.1. The van der Waals surface area contributed by atoms with Crippen LogP contribution in [0.15, 0.2) is 41.8 Å². The van der Waals surface area contributed by atoms with Crippen LogP contribution < -0.4 is 5.32 Å². The molecule has 0 aliphatic carbocycles. The van der Waals surface area contributed by atoms with Crippen LogP contribution in [-0.2, 0) is 0 Å². The maximum Gasteiger partial charge on any atom is 0.290 e. The maximum atomic E-state index is 13.1. The van der Waals surface area contributed by atoms with Gasteiger partial charge in [0.15, 0.2) is 5.82 Å². The predicted octanol–water partition coefficient (Wildman–Crippen LogP) is 2.49. The number of nitrogens with one attached hydrogen (secondary N) is 1. The van der Waals surface area contributed by atoms with Crippen molar-refractivity contribution in [3.8, 4) is 16.4 Å². The third-order valence-electron chi connectivity index (χ3n) is 2.85. The number of nitrogens with zero attached hydrogens (tertiary/aromatic N) is 3. The average molecular weight is 302 g/mol. The fourth-order valence-corrected chi connectivity index (χ4v) is 2.55. The molecule has 0 aliphatic rings. The number of aromatic nitrogens is 3. The van der Waals surface area contributed by atoms with Gasteiger partial charge in [0.2, 0.25) is 5.82 Å². The molecule has 1 aromatic carbocycles. The van der Waals surface area contributed by atoms with Crippen LogP contribution in [0.4, 0.5) is 4.39 Å². The van der Waals surface area contributed by atoms with E-state index in [2.05, 4.69) is 15.4 Å². The second kappa shape index (κ2) is 5.45. The monoisotopic (exact) mass is 302 g/mol. The van der Waals surface area contributed by atoms with E-state index in [1.165, 1.54) is 35.2 Å². The number of amides is 1. The quantitative estimate of drug-likeness (QED) is 0.808.